The van der Waals surface area contributed by atoms with Gasteiger partial charge >= 0.3 is 5.97 Å². The normalized spacial score (nSPS) is 15.2. The number of morpholine rings is 1. The molecule has 10 heteroatoms. The summed E-state index contributed by atoms with van der Waals surface area (Å²) in [6, 6.07) is 8.46. The van der Waals surface area contributed by atoms with E-state index in [1.54, 1.807) is 0 Å². The maximum Gasteiger partial charge on any atom is 0.343 e. The molecule has 0 N–H and O–H groups in total. The van der Waals surface area contributed by atoms with Gasteiger partial charge in [0.05, 0.1) is 35.9 Å². The summed E-state index contributed by atoms with van der Waals surface area (Å²) in [7, 11) is -2.50. The van der Waals surface area contributed by atoms with Gasteiger partial charge in [-0.3, -0.25) is 0 Å². The summed E-state index contributed by atoms with van der Waals surface area (Å²) in [5.74, 6) is -0.412. The van der Waals surface area contributed by atoms with E-state index in [2.05, 4.69) is 0 Å². The molecular formula is C18H17Cl2NO6S. The predicted octanol–water partition coefficient (Wildman–Crippen LogP) is 3.24. The van der Waals surface area contributed by atoms with E-state index in [1.807, 2.05) is 0 Å². The minimum absolute atomic E-state index is 0.0544. The van der Waals surface area contributed by atoms with Gasteiger partial charge in [-0.1, -0.05) is 23.2 Å². The van der Waals surface area contributed by atoms with Crippen LogP contribution < -0.4 is 9.47 Å². The second-order valence-electron chi connectivity index (χ2n) is 5.85. The number of benzene rings is 2. The van der Waals surface area contributed by atoms with Gasteiger partial charge in [0.15, 0.2) is 0 Å². The summed E-state index contributed by atoms with van der Waals surface area (Å²) in [6.07, 6.45) is 0. The molecule has 0 atom stereocenters. The van der Waals surface area contributed by atoms with Crippen molar-refractivity contribution in [3.8, 4) is 11.5 Å². The highest BCUT2D eigenvalue weighted by molar-refractivity contribution is 7.89. The Hall–Kier alpha value is -1.84. The largest absolute Gasteiger partial charge is 0.495 e. The van der Waals surface area contributed by atoms with E-state index in [0.29, 0.717) is 18.2 Å². The highest BCUT2D eigenvalue weighted by atomic mass is 35.5. The molecular weight excluding hydrogens is 429 g/mol. The fourth-order valence-corrected chi connectivity index (χ4v) is 4.52. The second-order valence-corrected chi connectivity index (χ2v) is 8.57. The minimum atomic E-state index is -3.86. The predicted molar refractivity (Wildman–Crippen MR) is 104 cm³/mol. The fraction of sp³-hybridized carbons (Fsp3) is 0.278. The van der Waals surface area contributed by atoms with Crippen LogP contribution in [0, 0.1) is 0 Å². The number of nitrogens with zero attached hydrogens (tertiary/aromatic N) is 1. The third-order valence-corrected chi connectivity index (χ3v) is 6.75. The van der Waals surface area contributed by atoms with Gasteiger partial charge in [-0.25, -0.2) is 13.2 Å². The molecule has 3 rings (SSSR count). The van der Waals surface area contributed by atoms with Crippen LogP contribution in [0.4, 0.5) is 0 Å². The highest BCUT2D eigenvalue weighted by Gasteiger charge is 2.30. The molecule has 0 saturated carbocycles. The summed E-state index contributed by atoms with van der Waals surface area (Å²) >= 11 is 11.8. The molecule has 0 unspecified atom stereocenters. The van der Waals surface area contributed by atoms with Crippen molar-refractivity contribution in [2.75, 3.05) is 33.4 Å². The average Bonchev–Trinajstić information content (AvgIpc) is 2.71. The van der Waals surface area contributed by atoms with E-state index in [1.165, 1.54) is 47.8 Å². The molecule has 0 spiro atoms. The van der Waals surface area contributed by atoms with Crippen LogP contribution in [0.25, 0.3) is 0 Å². The summed E-state index contributed by atoms with van der Waals surface area (Å²) < 4.78 is 42.9. The monoisotopic (exact) mass is 445 g/mol. The molecule has 0 bridgehead atoms. The standard InChI is InChI=1S/C18H17Cl2NO6S/c1-25-16-5-2-12(18(22)27-13-3-4-14(19)15(20)11-13)10-17(16)28(23,24)21-6-8-26-9-7-21/h2-5,10-11H,6-9H2,1H3. The molecule has 1 fully saturated rings. The number of carbonyl (C=O) groups is 1. The zero-order valence-corrected chi connectivity index (χ0v) is 17.2. The van der Waals surface area contributed by atoms with Crippen molar-refractivity contribution in [1.29, 1.82) is 0 Å². The van der Waals surface area contributed by atoms with E-state index in [0.717, 1.165) is 0 Å². The Morgan fingerprint density at radius 3 is 2.43 bits per heavy atom. The van der Waals surface area contributed by atoms with Crippen LogP contribution in [0.15, 0.2) is 41.3 Å². The first-order valence-electron chi connectivity index (χ1n) is 8.26. The fourth-order valence-electron chi connectivity index (χ4n) is 2.64. The van der Waals surface area contributed by atoms with Crippen LogP contribution in [0.2, 0.25) is 10.0 Å². The van der Waals surface area contributed by atoms with Crippen LogP contribution in [0.5, 0.6) is 11.5 Å². The van der Waals surface area contributed by atoms with Crippen LogP contribution in [0.1, 0.15) is 10.4 Å². The summed E-state index contributed by atoms with van der Waals surface area (Å²) in [6.45, 7) is 1.06. The quantitative estimate of drug-likeness (QED) is 0.518. The molecule has 1 aliphatic rings. The summed E-state index contributed by atoms with van der Waals surface area (Å²) in [5, 5.41) is 0.557. The van der Waals surface area contributed by atoms with Gasteiger partial charge in [0.1, 0.15) is 16.4 Å². The number of esters is 1. The molecule has 28 heavy (non-hydrogen) atoms. The number of carbonyl (C=O) groups excluding carboxylic acids is 1. The van der Waals surface area contributed by atoms with E-state index >= 15 is 0 Å². The number of hydrogen-bond acceptors (Lipinski definition) is 6. The van der Waals surface area contributed by atoms with Crippen molar-refractivity contribution in [3.05, 3.63) is 52.0 Å². The first-order valence-corrected chi connectivity index (χ1v) is 10.5. The lowest BCUT2D eigenvalue weighted by Crippen LogP contribution is -2.40. The van der Waals surface area contributed by atoms with Crippen LogP contribution in [-0.2, 0) is 14.8 Å². The van der Waals surface area contributed by atoms with Crippen LogP contribution in [0.3, 0.4) is 0 Å². The van der Waals surface area contributed by atoms with Crippen LogP contribution in [-0.4, -0.2) is 52.1 Å². The van der Waals surface area contributed by atoms with E-state index in [4.69, 9.17) is 37.4 Å². The first-order chi connectivity index (χ1) is 13.3. The molecule has 1 aliphatic heterocycles. The first kappa shape index (κ1) is 20.9. The Morgan fingerprint density at radius 1 is 1.07 bits per heavy atom. The molecule has 2 aromatic rings. The zero-order valence-electron chi connectivity index (χ0n) is 14.9. The number of hydrogen-bond donors (Lipinski definition) is 0. The van der Waals surface area contributed by atoms with Gasteiger partial charge in [0, 0.05) is 19.2 Å². The molecule has 150 valence electrons. The molecule has 1 heterocycles. The Bertz CT molecular complexity index is 990. The van der Waals surface area contributed by atoms with Crippen LogP contribution >= 0.6 is 23.2 Å². The number of rotatable bonds is 5. The van der Waals surface area contributed by atoms with E-state index in [9.17, 15) is 13.2 Å². The Labute approximate surface area is 172 Å². The zero-order chi connectivity index (χ0) is 20.3. The van der Waals surface area contributed by atoms with Gasteiger partial charge in [-0.15, -0.1) is 0 Å². The Balaban J connectivity index is 1.91. The lowest BCUT2D eigenvalue weighted by molar-refractivity contribution is 0.0726. The number of halogens is 2. The lowest BCUT2D eigenvalue weighted by Gasteiger charge is -2.26. The number of methoxy groups -OCH3 is 1. The van der Waals surface area contributed by atoms with Crippen molar-refractivity contribution in [2.45, 2.75) is 4.90 Å². The molecule has 0 radical (unpaired) electrons. The van der Waals surface area contributed by atoms with Crippen molar-refractivity contribution in [1.82, 2.24) is 4.31 Å². The summed E-state index contributed by atoms with van der Waals surface area (Å²) in [4.78, 5) is 12.4. The third kappa shape index (κ3) is 4.42. The number of sulfonamides is 1. The molecule has 0 aliphatic carbocycles. The maximum atomic E-state index is 13.0. The molecule has 0 amide bonds. The SMILES string of the molecule is COc1ccc(C(=O)Oc2ccc(Cl)c(Cl)c2)cc1S(=O)(=O)N1CCOCC1. The second kappa shape index (κ2) is 8.67. The molecule has 1 saturated heterocycles. The van der Waals surface area contributed by atoms with Gasteiger partial charge in [-0.2, -0.15) is 4.31 Å². The third-order valence-electron chi connectivity index (χ3n) is 4.09. The molecule has 7 nitrogen and oxygen atoms in total. The molecule has 0 aromatic heterocycles. The van der Waals surface area contributed by atoms with Crippen molar-refractivity contribution >= 4 is 39.2 Å². The Kier molecular flexibility index (Phi) is 6.47. The average molecular weight is 446 g/mol. The maximum absolute atomic E-state index is 13.0. The minimum Gasteiger partial charge on any atom is -0.495 e. The smallest absolute Gasteiger partial charge is 0.343 e. The highest BCUT2D eigenvalue weighted by Crippen LogP contribution is 2.30. The number of ether oxygens (including phenoxy) is 3. The Morgan fingerprint density at radius 2 is 1.79 bits per heavy atom. The van der Waals surface area contributed by atoms with E-state index in [-0.39, 0.29) is 40.1 Å². The molecule has 2 aromatic carbocycles. The van der Waals surface area contributed by atoms with Gasteiger partial charge < -0.3 is 14.2 Å². The van der Waals surface area contributed by atoms with E-state index < -0.39 is 16.0 Å². The topological polar surface area (TPSA) is 82.1 Å². The van der Waals surface area contributed by atoms with Crippen molar-refractivity contribution < 1.29 is 27.4 Å². The van der Waals surface area contributed by atoms with Gasteiger partial charge in [0.2, 0.25) is 10.0 Å². The van der Waals surface area contributed by atoms with Crippen molar-refractivity contribution in [2.24, 2.45) is 0 Å². The van der Waals surface area contributed by atoms with Gasteiger partial charge in [-0.05, 0) is 30.3 Å². The lowest BCUT2D eigenvalue weighted by atomic mass is 10.2. The van der Waals surface area contributed by atoms with Gasteiger partial charge in [0.25, 0.3) is 0 Å². The summed E-state index contributed by atoms with van der Waals surface area (Å²) in [5.41, 5.74) is 0.0544. The van der Waals surface area contributed by atoms with Crippen molar-refractivity contribution in [3.63, 3.8) is 0 Å².